The number of hydrogen-bond acceptors (Lipinski definition) is 6. The highest BCUT2D eigenvalue weighted by atomic mass is 16.8. The lowest BCUT2D eigenvalue weighted by Crippen LogP contribution is -2.27. The number of rotatable bonds is 3. The maximum atomic E-state index is 10.1. The molecule has 4 N–H and O–H groups in total. The summed E-state index contributed by atoms with van der Waals surface area (Å²) in [5.74, 6) is 4.57. The van der Waals surface area contributed by atoms with Gasteiger partial charge in [-0.05, 0) is 0 Å². The van der Waals surface area contributed by atoms with Crippen molar-refractivity contribution >= 4 is 6.16 Å². The van der Waals surface area contributed by atoms with Gasteiger partial charge >= 0.3 is 6.16 Å². The fourth-order valence-corrected chi connectivity index (χ4v) is 0.207. The Balaban J connectivity index is 3.06. The van der Waals surface area contributed by atoms with E-state index in [2.05, 4.69) is 15.4 Å². The van der Waals surface area contributed by atoms with Crippen LogP contribution in [0.5, 0.6) is 0 Å². The number of ether oxygens (including phenoxy) is 1. The molecule has 9 heavy (non-hydrogen) atoms. The van der Waals surface area contributed by atoms with E-state index in [1.165, 1.54) is 0 Å². The highest BCUT2D eigenvalue weighted by Crippen LogP contribution is 1.78. The standard InChI is InChI=1S/C3H8N2O4/c4-5-9-3(7)8-2-1-6/h5-6H,1-2,4H2. The molecule has 0 saturated heterocycles. The molecule has 54 valence electrons. The van der Waals surface area contributed by atoms with Crippen molar-refractivity contribution in [1.82, 2.24) is 5.59 Å². The SMILES string of the molecule is NNOC(=O)OCCO. The third-order valence-corrected chi connectivity index (χ3v) is 0.453. The van der Waals surface area contributed by atoms with Gasteiger partial charge < -0.3 is 14.7 Å². The van der Waals surface area contributed by atoms with Gasteiger partial charge in [-0.3, -0.25) is 0 Å². The molecule has 0 aliphatic carbocycles. The fraction of sp³-hybridized carbons (Fsp3) is 0.667. The zero-order valence-electron chi connectivity index (χ0n) is 4.66. The number of nitrogens with two attached hydrogens (primary N) is 1. The van der Waals surface area contributed by atoms with Gasteiger partial charge in [-0.25, -0.2) is 10.6 Å². The Morgan fingerprint density at radius 1 is 1.78 bits per heavy atom. The van der Waals surface area contributed by atoms with Crippen LogP contribution >= 0.6 is 0 Å². The molecule has 6 heteroatoms. The second-order valence-electron chi connectivity index (χ2n) is 1.04. The Hall–Kier alpha value is -0.850. The van der Waals surface area contributed by atoms with Crippen LogP contribution in [-0.4, -0.2) is 24.5 Å². The molecule has 0 aromatic rings. The summed E-state index contributed by atoms with van der Waals surface area (Å²) in [6, 6.07) is 0. The van der Waals surface area contributed by atoms with Gasteiger partial charge in [-0.15, -0.1) is 0 Å². The van der Waals surface area contributed by atoms with Crippen LogP contribution in [0.4, 0.5) is 4.79 Å². The largest absolute Gasteiger partial charge is 0.528 e. The quantitative estimate of drug-likeness (QED) is 0.248. The van der Waals surface area contributed by atoms with Crippen molar-refractivity contribution in [3.8, 4) is 0 Å². The van der Waals surface area contributed by atoms with E-state index in [0.29, 0.717) is 0 Å². The number of aliphatic hydroxyl groups is 1. The molecular weight excluding hydrogens is 128 g/mol. The van der Waals surface area contributed by atoms with E-state index in [1.54, 1.807) is 5.59 Å². The van der Waals surface area contributed by atoms with E-state index in [-0.39, 0.29) is 13.2 Å². The molecule has 0 radical (unpaired) electrons. The van der Waals surface area contributed by atoms with Crippen LogP contribution < -0.4 is 11.4 Å². The van der Waals surface area contributed by atoms with E-state index >= 15 is 0 Å². The molecule has 6 nitrogen and oxygen atoms in total. The maximum absolute atomic E-state index is 10.1. The predicted octanol–water partition coefficient (Wildman–Crippen LogP) is -1.49. The third kappa shape index (κ3) is 5.01. The molecule has 0 aliphatic heterocycles. The van der Waals surface area contributed by atoms with E-state index in [4.69, 9.17) is 5.11 Å². The lowest BCUT2D eigenvalue weighted by molar-refractivity contribution is 0.00896. The van der Waals surface area contributed by atoms with Gasteiger partial charge in [0.05, 0.1) is 6.61 Å². The van der Waals surface area contributed by atoms with Crippen molar-refractivity contribution < 1.29 is 19.5 Å². The van der Waals surface area contributed by atoms with Crippen molar-refractivity contribution in [3.63, 3.8) is 0 Å². The molecule has 0 unspecified atom stereocenters. The normalized spacial score (nSPS) is 8.67. The van der Waals surface area contributed by atoms with Crippen LogP contribution in [0, 0.1) is 0 Å². The van der Waals surface area contributed by atoms with Crippen LogP contribution in [0.2, 0.25) is 0 Å². The Labute approximate surface area is 51.5 Å². The van der Waals surface area contributed by atoms with E-state index in [9.17, 15) is 4.79 Å². The highest BCUT2D eigenvalue weighted by Gasteiger charge is 1.99. The molecule has 0 atom stereocenters. The monoisotopic (exact) mass is 136 g/mol. The maximum Gasteiger partial charge on any atom is 0.528 e. The zero-order chi connectivity index (χ0) is 7.11. The Bertz CT molecular complexity index is 85.9. The van der Waals surface area contributed by atoms with E-state index in [0.717, 1.165) is 0 Å². The smallest absolute Gasteiger partial charge is 0.431 e. The van der Waals surface area contributed by atoms with Crippen LogP contribution in [0.3, 0.4) is 0 Å². The Morgan fingerprint density at radius 2 is 2.44 bits per heavy atom. The predicted molar refractivity (Wildman–Crippen MR) is 26.8 cm³/mol. The van der Waals surface area contributed by atoms with Gasteiger partial charge in [0.1, 0.15) is 6.61 Å². The summed E-state index contributed by atoms with van der Waals surface area (Å²) >= 11 is 0. The summed E-state index contributed by atoms with van der Waals surface area (Å²) in [6.07, 6.45) is -0.966. The summed E-state index contributed by atoms with van der Waals surface area (Å²) in [6.45, 7) is -0.333. The second-order valence-corrected chi connectivity index (χ2v) is 1.04. The lowest BCUT2D eigenvalue weighted by atomic mass is 10.8. The van der Waals surface area contributed by atoms with E-state index < -0.39 is 6.16 Å². The number of aliphatic hydroxyl groups excluding tert-OH is 1. The number of carbonyl (C=O) groups excluding carboxylic acids is 1. The third-order valence-electron chi connectivity index (χ3n) is 0.453. The summed E-state index contributed by atoms with van der Waals surface area (Å²) in [7, 11) is 0. The molecule has 0 spiro atoms. The first-order chi connectivity index (χ1) is 4.31. The van der Waals surface area contributed by atoms with Crippen molar-refractivity contribution in [1.29, 1.82) is 0 Å². The first kappa shape index (κ1) is 8.15. The molecule has 0 heterocycles. The average Bonchev–Trinajstić information content (AvgIpc) is 1.85. The number of hydrogen-bond donors (Lipinski definition) is 3. The molecule has 0 fully saturated rings. The summed E-state index contributed by atoms with van der Waals surface area (Å²) in [5.41, 5.74) is 1.62. The first-order valence-electron chi connectivity index (χ1n) is 2.21. The van der Waals surface area contributed by atoms with E-state index in [1.807, 2.05) is 0 Å². The van der Waals surface area contributed by atoms with Gasteiger partial charge in [0, 0.05) is 0 Å². The minimum absolute atomic E-state index is 0.0967. The van der Waals surface area contributed by atoms with Crippen LogP contribution in [0.25, 0.3) is 0 Å². The van der Waals surface area contributed by atoms with Gasteiger partial charge in [-0.2, -0.15) is 0 Å². The molecule has 0 aliphatic rings. The number of carbonyl (C=O) groups is 1. The molecule has 0 aromatic heterocycles. The molecule has 0 rings (SSSR count). The van der Waals surface area contributed by atoms with Crippen molar-refractivity contribution in [2.24, 2.45) is 5.84 Å². The first-order valence-corrected chi connectivity index (χ1v) is 2.21. The average molecular weight is 136 g/mol. The van der Waals surface area contributed by atoms with Crippen molar-refractivity contribution in [2.45, 2.75) is 0 Å². The topological polar surface area (TPSA) is 93.8 Å². The van der Waals surface area contributed by atoms with Crippen LogP contribution in [0.15, 0.2) is 0 Å². The summed E-state index contributed by atoms with van der Waals surface area (Å²) in [5, 5.41) is 8.10. The van der Waals surface area contributed by atoms with Crippen LogP contribution in [-0.2, 0) is 9.57 Å². The molecule has 0 bridgehead atoms. The van der Waals surface area contributed by atoms with Gasteiger partial charge in [-0.1, -0.05) is 5.59 Å². The molecular formula is C3H8N2O4. The zero-order valence-corrected chi connectivity index (χ0v) is 4.66. The fourth-order valence-electron chi connectivity index (χ4n) is 0.207. The minimum atomic E-state index is -0.966. The summed E-state index contributed by atoms with van der Waals surface area (Å²) < 4.78 is 4.18. The highest BCUT2D eigenvalue weighted by molar-refractivity contribution is 5.59. The van der Waals surface area contributed by atoms with Gasteiger partial charge in [0.15, 0.2) is 0 Å². The number of hydrazine groups is 1. The number of nitrogens with one attached hydrogen (secondary N) is 1. The molecule has 0 saturated carbocycles. The summed E-state index contributed by atoms with van der Waals surface area (Å²) in [4.78, 5) is 14.0. The Morgan fingerprint density at radius 3 is 2.89 bits per heavy atom. The van der Waals surface area contributed by atoms with Crippen molar-refractivity contribution in [2.75, 3.05) is 13.2 Å². The Kier molecular flexibility index (Phi) is 4.79. The minimum Gasteiger partial charge on any atom is -0.431 e. The molecule has 0 aromatic carbocycles. The lowest BCUT2D eigenvalue weighted by Gasteiger charge is -1.99. The second kappa shape index (κ2) is 5.29. The van der Waals surface area contributed by atoms with Gasteiger partial charge in [0.25, 0.3) is 0 Å². The van der Waals surface area contributed by atoms with Crippen LogP contribution in [0.1, 0.15) is 0 Å². The molecule has 0 amide bonds. The van der Waals surface area contributed by atoms with Crippen molar-refractivity contribution in [3.05, 3.63) is 0 Å². The van der Waals surface area contributed by atoms with Gasteiger partial charge in [0.2, 0.25) is 0 Å².